The van der Waals surface area contributed by atoms with Gasteiger partial charge in [0.05, 0.1) is 16.8 Å². The van der Waals surface area contributed by atoms with Gasteiger partial charge in [0.2, 0.25) is 0 Å². The van der Waals surface area contributed by atoms with Crippen LogP contribution in [0.15, 0.2) is 53.5 Å². The highest BCUT2D eigenvalue weighted by atomic mass is 16.1. The maximum atomic E-state index is 12.7. The molecule has 0 aliphatic carbocycles. The molecular weight excluding hydrogens is 274 g/mol. The molecule has 0 atom stereocenters. The average Bonchev–Trinajstić information content (AvgIpc) is 2.94. The van der Waals surface area contributed by atoms with E-state index in [-0.39, 0.29) is 5.56 Å². The number of benzene rings is 1. The van der Waals surface area contributed by atoms with Gasteiger partial charge in [0, 0.05) is 23.5 Å². The van der Waals surface area contributed by atoms with Crippen molar-refractivity contribution in [2.75, 3.05) is 0 Å². The molecule has 0 radical (unpaired) electrons. The Bertz CT molecular complexity index is 1100. The Labute approximate surface area is 126 Å². The molecule has 4 heterocycles. The maximum absolute atomic E-state index is 12.7. The van der Waals surface area contributed by atoms with E-state index < -0.39 is 0 Å². The molecule has 4 aromatic rings. The molecule has 0 amide bonds. The quantitative estimate of drug-likeness (QED) is 0.531. The molecule has 0 saturated heterocycles. The normalized spacial score (nSPS) is 13.3. The van der Waals surface area contributed by atoms with Crippen LogP contribution in [0.3, 0.4) is 0 Å². The van der Waals surface area contributed by atoms with Crippen molar-refractivity contribution in [3.05, 3.63) is 64.6 Å². The molecule has 0 unspecified atom stereocenters. The highest BCUT2D eigenvalue weighted by molar-refractivity contribution is 5.92. The predicted molar refractivity (Wildman–Crippen MR) is 85.8 cm³/mol. The SMILES string of the molecule is O=c1c2[nH+]cccc2cc2n1CCc1c-2[nH]c2ccccc12. The highest BCUT2D eigenvalue weighted by Crippen LogP contribution is 2.34. The molecule has 22 heavy (non-hydrogen) atoms. The standard InChI is InChI=1S/C18H13N3O/c22-18-16-11(4-3-8-19-16)10-15-17-13(7-9-21(15)18)12-5-1-2-6-14(12)20-17/h1-6,8,10,20H,7,9H2/p+1. The van der Waals surface area contributed by atoms with Crippen molar-refractivity contribution in [1.29, 1.82) is 0 Å². The number of aromatic amines is 2. The number of H-pyrrole nitrogens is 2. The van der Waals surface area contributed by atoms with Gasteiger partial charge in [-0.25, -0.2) is 4.98 Å². The lowest BCUT2D eigenvalue weighted by atomic mass is 10.0. The van der Waals surface area contributed by atoms with Crippen LogP contribution < -0.4 is 10.5 Å². The summed E-state index contributed by atoms with van der Waals surface area (Å²) in [5.41, 5.74) is 5.23. The van der Waals surface area contributed by atoms with Gasteiger partial charge in [-0.2, -0.15) is 0 Å². The zero-order chi connectivity index (χ0) is 14.7. The summed E-state index contributed by atoms with van der Waals surface area (Å²) in [5.74, 6) is 0. The zero-order valence-corrected chi connectivity index (χ0v) is 11.9. The number of hydrogen-bond donors (Lipinski definition) is 1. The molecule has 0 fully saturated rings. The van der Waals surface area contributed by atoms with Crippen molar-refractivity contribution in [3.63, 3.8) is 0 Å². The van der Waals surface area contributed by atoms with Crippen molar-refractivity contribution < 1.29 is 4.98 Å². The Hall–Kier alpha value is -2.88. The van der Waals surface area contributed by atoms with Gasteiger partial charge in [0.1, 0.15) is 0 Å². The van der Waals surface area contributed by atoms with E-state index in [2.05, 4.69) is 34.2 Å². The first-order valence-electron chi connectivity index (χ1n) is 7.47. The van der Waals surface area contributed by atoms with Crippen LogP contribution >= 0.6 is 0 Å². The number of pyridine rings is 2. The Morgan fingerprint density at radius 1 is 1.14 bits per heavy atom. The Morgan fingerprint density at radius 3 is 3.00 bits per heavy atom. The predicted octanol–water partition coefficient (Wildman–Crippen LogP) is 2.52. The third-order valence-electron chi connectivity index (χ3n) is 4.59. The molecule has 4 nitrogen and oxygen atoms in total. The largest absolute Gasteiger partial charge is 0.353 e. The highest BCUT2D eigenvalue weighted by Gasteiger charge is 2.23. The lowest BCUT2D eigenvalue weighted by Crippen LogP contribution is -2.29. The van der Waals surface area contributed by atoms with Gasteiger partial charge < -0.3 is 9.55 Å². The van der Waals surface area contributed by atoms with Crippen molar-refractivity contribution in [3.8, 4) is 11.4 Å². The summed E-state index contributed by atoms with van der Waals surface area (Å²) < 4.78 is 1.87. The first kappa shape index (κ1) is 11.7. The van der Waals surface area contributed by atoms with Crippen LogP contribution in [0.25, 0.3) is 33.2 Å². The molecule has 2 N–H and O–H groups in total. The first-order chi connectivity index (χ1) is 10.8. The summed E-state index contributed by atoms with van der Waals surface area (Å²) >= 11 is 0. The summed E-state index contributed by atoms with van der Waals surface area (Å²) in [6.07, 6.45) is 2.68. The number of para-hydroxylation sites is 1. The topological polar surface area (TPSA) is 51.9 Å². The monoisotopic (exact) mass is 288 g/mol. The smallest absolute Gasteiger partial charge is 0.323 e. The third kappa shape index (κ3) is 1.41. The molecule has 4 heteroatoms. The van der Waals surface area contributed by atoms with Crippen molar-refractivity contribution in [2.45, 2.75) is 13.0 Å². The minimum atomic E-state index is 0.0532. The van der Waals surface area contributed by atoms with E-state index in [4.69, 9.17) is 0 Å². The van der Waals surface area contributed by atoms with Crippen LogP contribution in [-0.2, 0) is 13.0 Å². The molecule has 1 aliphatic heterocycles. The molecule has 0 saturated carbocycles. The molecule has 3 aromatic heterocycles. The zero-order valence-electron chi connectivity index (χ0n) is 11.9. The van der Waals surface area contributed by atoms with Gasteiger partial charge in [-0.05, 0) is 30.2 Å². The average molecular weight is 288 g/mol. The van der Waals surface area contributed by atoms with E-state index in [1.807, 2.05) is 22.8 Å². The number of nitrogens with one attached hydrogen (secondary N) is 2. The fourth-order valence-corrected chi connectivity index (χ4v) is 3.56. The number of nitrogens with zero attached hydrogens (tertiary/aromatic N) is 1. The summed E-state index contributed by atoms with van der Waals surface area (Å²) in [7, 11) is 0. The van der Waals surface area contributed by atoms with Crippen molar-refractivity contribution in [1.82, 2.24) is 9.55 Å². The number of aromatic nitrogens is 3. The summed E-state index contributed by atoms with van der Waals surface area (Å²) in [6, 6.07) is 14.3. The summed E-state index contributed by atoms with van der Waals surface area (Å²) in [6.45, 7) is 0.724. The lowest BCUT2D eigenvalue weighted by Gasteiger charge is -2.18. The number of fused-ring (bicyclic) bond motifs is 6. The van der Waals surface area contributed by atoms with Gasteiger partial charge in [-0.15, -0.1) is 0 Å². The molecular formula is C18H14N3O+. The molecule has 0 spiro atoms. The molecule has 1 aromatic carbocycles. The first-order valence-corrected chi connectivity index (χ1v) is 7.47. The Balaban J connectivity index is 1.93. The van der Waals surface area contributed by atoms with Crippen LogP contribution in [0.4, 0.5) is 0 Å². The summed E-state index contributed by atoms with van der Waals surface area (Å²) in [4.78, 5) is 19.3. The van der Waals surface area contributed by atoms with E-state index in [1.165, 1.54) is 10.9 Å². The third-order valence-corrected chi connectivity index (χ3v) is 4.59. The van der Waals surface area contributed by atoms with Crippen molar-refractivity contribution >= 4 is 21.8 Å². The number of hydrogen-bond acceptors (Lipinski definition) is 1. The van der Waals surface area contributed by atoms with E-state index in [0.29, 0.717) is 5.52 Å². The fourth-order valence-electron chi connectivity index (χ4n) is 3.56. The van der Waals surface area contributed by atoms with Crippen LogP contribution in [0.5, 0.6) is 0 Å². The molecule has 0 bridgehead atoms. The van der Waals surface area contributed by atoms with Gasteiger partial charge in [0.25, 0.3) is 5.52 Å². The number of rotatable bonds is 0. The maximum Gasteiger partial charge on any atom is 0.323 e. The Kier molecular flexibility index (Phi) is 2.17. The Morgan fingerprint density at radius 2 is 2.05 bits per heavy atom. The molecule has 1 aliphatic rings. The van der Waals surface area contributed by atoms with Gasteiger partial charge in [-0.3, -0.25) is 4.79 Å². The molecule has 106 valence electrons. The van der Waals surface area contributed by atoms with Crippen LogP contribution in [-0.4, -0.2) is 9.55 Å². The van der Waals surface area contributed by atoms with E-state index >= 15 is 0 Å². The lowest BCUT2D eigenvalue weighted by molar-refractivity contribution is -0.345. The van der Waals surface area contributed by atoms with E-state index in [9.17, 15) is 4.79 Å². The van der Waals surface area contributed by atoms with E-state index in [0.717, 1.165) is 35.3 Å². The van der Waals surface area contributed by atoms with Crippen molar-refractivity contribution in [2.24, 2.45) is 0 Å². The van der Waals surface area contributed by atoms with Gasteiger partial charge >= 0.3 is 5.56 Å². The van der Waals surface area contributed by atoms with Gasteiger partial charge in [-0.1, -0.05) is 18.2 Å². The second-order valence-electron chi connectivity index (χ2n) is 5.76. The minimum Gasteiger partial charge on any atom is -0.353 e. The molecule has 5 rings (SSSR count). The van der Waals surface area contributed by atoms with E-state index in [1.54, 1.807) is 6.20 Å². The van der Waals surface area contributed by atoms with Crippen LogP contribution in [0, 0.1) is 0 Å². The summed E-state index contributed by atoms with van der Waals surface area (Å²) in [5, 5.41) is 2.21. The van der Waals surface area contributed by atoms with Crippen LogP contribution in [0.1, 0.15) is 5.56 Å². The minimum absolute atomic E-state index is 0.0532. The fraction of sp³-hybridized carbons (Fsp3) is 0.111. The van der Waals surface area contributed by atoms with Crippen LogP contribution in [0.2, 0.25) is 0 Å². The second kappa shape index (κ2) is 4.07. The van der Waals surface area contributed by atoms with Gasteiger partial charge in [0.15, 0.2) is 6.20 Å². The number of aryl methyl sites for hydroxylation is 1. The second-order valence-corrected chi connectivity index (χ2v) is 5.76.